The molecule has 0 saturated heterocycles. The number of ether oxygens (including phenoxy) is 1. The number of nitrogens with zero attached hydrogens (tertiary/aromatic N) is 1. The number of anilines is 3. The summed E-state index contributed by atoms with van der Waals surface area (Å²) in [7, 11) is 0. The SMILES string of the molecule is CCOC(=O)c1cc(Nc2cncc(C)c2)c(F)cc1N. The van der Waals surface area contributed by atoms with Crippen molar-refractivity contribution in [3.8, 4) is 0 Å². The fourth-order valence-electron chi connectivity index (χ4n) is 1.85. The minimum absolute atomic E-state index is 0.0406. The van der Waals surface area contributed by atoms with Crippen LogP contribution in [0.25, 0.3) is 0 Å². The van der Waals surface area contributed by atoms with Gasteiger partial charge in [0, 0.05) is 11.9 Å². The maximum atomic E-state index is 14.0. The zero-order valence-electron chi connectivity index (χ0n) is 11.8. The molecule has 2 aromatic rings. The van der Waals surface area contributed by atoms with Gasteiger partial charge in [0.25, 0.3) is 0 Å². The van der Waals surface area contributed by atoms with Crippen LogP contribution in [0.5, 0.6) is 0 Å². The fraction of sp³-hybridized carbons (Fsp3) is 0.200. The lowest BCUT2D eigenvalue weighted by molar-refractivity contribution is 0.0527. The number of aryl methyl sites for hydroxylation is 1. The van der Waals surface area contributed by atoms with Crippen molar-refractivity contribution in [3.63, 3.8) is 0 Å². The van der Waals surface area contributed by atoms with E-state index in [0.717, 1.165) is 11.6 Å². The van der Waals surface area contributed by atoms with E-state index in [2.05, 4.69) is 10.3 Å². The number of nitrogens with two attached hydrogens (primary N) is 1. The van der Waals surface area contributed by atoms with Crippen LogP contribution in [0, 0.1) is 12.7 Å². The minimum atomic E-state index is -0.583. The Labute approximate surface area is 121 Å². The molecule has 0 amide bonds. The lowest BCUT2D eigenvalue weighted by Gasteiger charge is -2.11. The molecule has 0 fully saturated rings. The molecule has 1 aromatic carbocycles. The van der Waals surface area contributed by atoms with E-state index >= 15 is 0 Å². The van der Waals surface area contributed by atoms with E-state index < -0.39 is 11.8 Å². The number of benzene rings is 1. The quantitative estimate of drug-likeness (QED) is 0.668. The van der Waals surface area contributed by atoms with Gasteiger partial charge in [0.05, 0.1) is 29.7 Å². The zero-order valence-corrected chi connectivity index (χ0v) is 11.8. The number of hydrogen-bond donors (Lipinski definition) is 2. The summed E-state index contributed by atoms with van der Waals surface area (Å²) >= 11 is 0. The van der Waals surface area contributed by atoms with Crippen molar-refractivity contribution in [3.05, 3.63) is 47.5 Å². The highest BCUT2D eigenvalue weighted by Crippen LogP contribution is 2.26. The molecule has 110 valence electrons. The Hall–Kier alpha value is -2.63. The summed E-state index contributed by atoms with van der Waals surface area (Å²) < 4.78 is 18.8. The molecule has 0 spiro atoms. The maximum Gasteiger partial charge on any atom is 0.340 e. The smallest absolute Gasteiger partial charge is 0.340 e. The average molecular weight is 289 g/mol. The number of hydrogen-bond acceptors (Lipinski definition) is 5. The normalized spacial score (nSPS) is 10.2. The molecule has 0 aliphatic carbocycles. The molecule has 5 nitrogen and oxygen atoms in total. The van der Waals surface area contributed by atoms with Crippen molar-refractivity contribution in [1.82, 2.24) is 4.98 Å². The van der Waals surface area contributed by atoms with E-state index in [1.165, 1.54) is 6.07 Å². The number of halogens is 1. The van der Waals surface area contributed by atoms with Crippen LogP contribution in [0.2, 0.25) is 0 Å². The third-order valence-electron chi connectivity index (χ3n) is 2.79. The molecule has 0 saturated carbocycles. The van der Waals surface area contributed by atoms with Crippen molar-refractivity contribution in [2.24, 2.45) is 0 Å². The molecule has 21 heavy (non-hydrogen) atoms. The van der Waals surface area contributed by atoms with Gasteiger partial charge in [-0.05, 0) is 37.6 Å². The van der Waals surface area contributed by atoms with Crippen LogP contribution in [0.15, 0.2) is 30.6 Å². The van der Waals surface area contributed by atoms with E-state index in [1.807, 2.05) is 13.0 Å². The molecule has 1 aromatic heterocycles. The first kappa shape index (κ1) is 14.8. The maximum absolute atomic E-state index is 14.0. The molecule has 0 aliphatic heterocycles. The Morgan fingerprint density at radius 2 is 2.14 bits per heavy atom. The van der Waals surface area contributed by atoms with Gasteiger partial charge < -0.3 is 15.8 Å². The van der Waals surface area contributed by atoms with Crippen molar-refractivity contribution in [2.75, 3.05) is 17.7 Å². The summed E-state index contributed by atoms with van der Waals surface area (Å²) in [6.45, 7) is 3.79. The molecular formula is C15H16FN3O2. The highest BCUT2D eigenvalue weighted by atomic mass is 19.1. The number of aromatic nitrogens is 1. The number of esters is 1. The second-order valence-electron chi connectivity index (χ2n) is 4.52. The fourth-order valence-corrected chi connectivity index (χ4v) is 1.85. The molecule has 6 heteroatoms. The summed E-state index contributed by atoms with van der Waals surface area (Å²) in [6, 6.07) is 4.25. The highest BCUT2D eigenvalue weighted by Gasteiger charge is 2.15. The Kier molecular flexibility index (Phi) is 4.37. The van der Waals surface area contributed by atoms with Gasteiger partial charge in [0.2, 0.25) is 0 Å². The largest absolute Gasteiger partial charge is 0.462 e. The van der Waals surface area contributed by atoms with Gasteiger partial charge in [-0.1, -0.05) is 0 Å². The van der Waals surface area contributed by atoms with Crippen molar-refractivity contribution in [2.45, 2.75) is 13.8 Å². The van der Waals surface area contributed by atoms with Crippen molar-refractivity contribution < 1.29 is 13.9 Å². The number of carbonyl (C=O) groups is 1. The third kappa shape index (κ3) is 3.47. The third-order valence-corrected chi connectivity index (χ3v) is 2.79. The van der Waals surface area contributed by atoms with Crippen LogP contribution in [0.4, 0.5) is 21.5 Å². The van der Waals surface area contributed by atoms with Gasteiger partial charge in [0.1, 0.15) is 5.82 Å². The van der Waals surface area contributed by atoms with Crippen molar-refractivity contribution >= 4 is 23.0 Å². The Morgan fingerprint density at radius 1 is 1.38 bits per heavy atom. The Bertz CT molecular complexity index is 674. The first-order valence-corrected chi connectivity index (χ1v) is 6.46. The summed E-state index contributed by atoms with van der Waals surface area (Å²) in [5, 5.41) is 2.88. The van der Waals surface area contributed by atoms with Gasteiger partial charge in [-0.3, -0.25) is 4.98 Å². The number of rotatable bonds is 4. The lowest BCUT2D eigenvalue weighted by Crippen LogP contribution is -2.09. The van der Waals surface area contributed by atoms with Crippen molar-refractivity contribution in [1.29, 1.82) is 0 Å². The van der Waals surface area contributed by atoms with Gasteiger partial charge in [-0.2, -0.15) is 0 Å². The summed E-state index contributed by atoms with van der Waals surface area (Å²) in [5.41, 5.74) is 7.51. The number of nitrogens with one attached hydrogen (secondary N) is 1. The van der Waals surface area contributed by atoms with E-state index in [-0.39, 0.29) is 23.5 Å². The second-order valence-corrected chi connectivity index (χ2v) is 4.52. The Balaban J connectivity index is 2.35. The summed E-state index contributed by atoms with van der Waals surface area (Å²) in [4.78, 5) is 15.8. The standard InChI is InChI=1S/C15H16FN3O2/c1-3-21-15(20)11-5-14(12(16)6-13(11)17)19-10-4-9(2)7-18-8-10/h4-8,19H,3,17H2,1-2H3. The van der Waals surface area contributed by atoms with Gasteiger partial charge >= 0.3 is 5.97 Å². The molecule has 0 aliphatic rings. The van der Waals surface area contributed by atoms with E-state index in [1.54, 1.807) is 19.3 Å². The van der Waals surface area contributed by atoms with Crippen LogP contribution in [-0.4, -0.2) is 17.6 Å². The number of nitrogen functional groups attached to an aromatic ring is 1. The first-order chi connectivity index (χ1) is 10.0. The monoisotopic (exact) mass is 289 g/mol. The molecule has 2 rings (SSSR count). The number of pyridine rings is 1. The molecular weight excluding hydrogens is 273 g/mol. The molecule has 1 heterocycles. The molecule has 0 unspecified atom stereocenters. The van der Waals surface area contributed by atoms with E-state index in [9.17, 15) is 9.18 Å². The van der Waals surface area contributed by atoms with Gasteiger partial charge in [-0.15, -0.1) is 0 Å². The van der Waals surface area contributed by atoms with Crippen LogP contribution in [0.1, 0.15) is 22.8 Å². The van der Waals surface area contributed by atoms with E-state index in [0.29, 0.717) is 5.69 Å². The zero-order chi connectivity index (χ0) is 15.4. The Morgan fingerprint density at radius 3 is 2.81 bits per heavy atom. The summed E-state index contributed by atoms with van der Waals surface area (Å²) in [6.07, 6.45) is 3.25. The summed E-state index contributed by atoms with van der Waals surface area (Å²) in [5.74, 6) is -1.14. The van der Waals surface area contributed by atoms with Gasteiger partial charge in [-0.25, -0.2) is 9.18 Å². The average Bonchev–Trinajstić information content (AvgIpc) is 2.42. The molecule has 0 atom stereocenters. The van der Waals surface area contributed by atoms with Crippen LogP contribution in [0.3, 0.4) is 0 Å². The number of carbonyl (C=O) groups excluding carboxylic acids is 1. The van der Waals surface area contributed by atoms with Crippen LogP contribution >= 0.6 is 0 Å². The van der Waals surface area contributed by atoms with Gasteiger partial charge in [0.15, 0.2) is 0 Å². The predicted octanol–water partition coefficient (Wildman–Crippen LogP) is 3.03. The van der Waals surface area contributed by atoms with Crippen LogP contribution in [-0.2, 0) is 4.74 Å². The lowest BCUT2D eigenvalue weighted by atomic mass is 10.1. The molecule has 3 N–H and O–H groups in total. The predicted molar refractivity (Wildman–Crippen MR) is 79.0 cm³/mol. The topological polar surface area (TPSA) is 77.2 Å². The highest BCUT2D eigenvalue weighted by molar-refractivity contribution is 5.96. The first-order valence-electron chi connectivity index (χ1n) is 6.46. The van der Waals surface area contributed by atoms with Crippen LogP contribution < -0.4 is 11.1 Å². The molecule has 0 bridgehead atoms. The second kappa shape index (κ2) is 6.21. The molecule has 0 radical (unpaired) electrons. The van der Waals surface area contributed by atoms with E-state index in [4.69, 9.17) is 10.5 Å². The minimum Gasteiger partial charge on any atom is -0.462 e.